The van der Waals surface area contributed by atoms with Crippen molar-refractivity contribution in [3.8, 4) is 17.5 Å². The molecule has 6 rings (SSSR count). The van der Waals surface area contributed by atoms with Crippen molar-refractivity contribution < 1.29 is 31.5 Å². The number of aromatic nitrogens is 4. The molecule has 14 heteroatoms. The Labute approximate surface area is 321 Å². The lowest BCUT2D eigenvalue weighted by Crippen LogP contribution is -2.43. The Morgan fingerprint density at radius 2 is 1.74 bits per heavy atom. The number of nitrogens with two attached hydrogens (primary N) is 2. The van der Waals surface area contributed by atoms with Gasteiger partial charge >= 0.3 is 5.97 Å². The molecule has 3 aromatic rings. The van der Waals surface area contributed by atoms with Gasteiger partial charge in [-0.2, -0.15) is 4.98 Å². The van der Waals surface area contributed by atoms with E-state index in [-0.39, 0.29) is 32.5 Å². The molecular formula is C39H65N7O6S. The number of ether oxygens (including phenoxy) is 2. The molecule has 4 N–H and O–H groups in total. The predicted molar refractivity (Wildman–Crippen MR) is 214 cm³/mol. The molecule has 13 nitrogen and oxygen atoms in total. The Kier molecular flexibility index (Phi) is 20.4. The summed E-state index contributed by atoms with van der Waals surface area (Å²) in [7, 11) is 4.96. The minimum Gasteiger partial charge on any atom is -0.480 e. The summed E-state index contributed by atoms with van der Waals surface area (Å²) in [4.78, 5) is 59.6. The van der Waals surface area contributed by atoms with Crippen LogP contribution in [0.1, 0.15) is 108 Å². The van der Waals surface area contributed by atoms with Gasteiger partial charge in [0.25, 0.3) is 0 Å². The molecule has 2 saturated carbocycles. The first-order valence-corrected chi connectivity index (χ1v) is 19.9. The van der Waals surface area contributed by atoms with Crippen LogP contribution in [-0.4, -0.2) is 74.9 Å². The fourth-order valence-corrected chi connectivity index (χ4v) is 6.58. The van der Waals surface area contributed by atoms with Crippen molar-refractivity contribution in [3.63, 3.8) is 0 Å². The number of imidazole rings is 1. The van der Waals surface area contributed by atoms with Crippen LogP contribution in [0.2, 0.25) is 0 Å². The minimum absolute atomic E-state index is 0. The summed E-state index contributed by atoms with van der Waals surface area (Å²) in [6, 6.07) is 1.56. The third-order valence-corrected chi connectivity index (χ3v) is 9.71. The van der Waals surface area contributed by atoms with Crippen molar-refractivity contribution in [2.24, 2.45) is 36.3 Å². The summed E-state index contributed by atoms with van der Waals surface area (Å²) in [5.74, 6) is 2.42. The van der Waals surface area contributed by atoms with Gasteiger partial charge < -0.3 is 30.4 Å². The largest absolute Gasteiger partial charge is 0.480 e. The van der Waals surface area contributed by atoms with Gasteiger partial charge in [0.1, 0.15) is 10.7 Å². The number of rotatable bonds is 14. The number of esters is 1. The maximum absolute atomic E-state index is 12.2. The topological polar surface area (TPSA) is 186 Å². The van der Waals surface area contributed by atoms with Crippen molar-refractivity contribution in [3.05, 3.63) is 36.0 Å². The number of nitrogens with zero attached hydrogens (tertiary/aromatic N) is 5. The molecule has 3 atom stereocenters. The molecule has 298 valence electrons. The smallest absolute Gasteiger partial charge is 0.309 e. The maximum Gasteiger partial charge on any atom is 0.309 e. The first-order valence-electron chi connectivity index (χ1n) is 19.0. The van der Waals surface area contributed by atoms with Crippen LogP contribution in [0, 0.1) is 17.8 Å². The molecule has 3 aromatic heterocycles. The number of carbonyl (C=O) groups excluding carboxylic acids is 4. The van der Waals surface area contributed by atoms with Crippen LogP contribution in [-0.2, 0) is 31.0 Å². The number of carbonyl (C=O) groups is 4. The lowest BCUT2D eigenvalue weighted by atomic mass is 10.1. The van der Waals surface area contributed by atoms with Gasteiger partial charge in [0.15, 0.2) is 11.6 Å². The molecular weight excluding hydrogens is 695 g/mol. The average Bonchev–Trinajstić information content (AvgIpc) is 3.93. The van der Waals surface area contributed by atoms with Gasteiger partial charge in [-0.3, -0.25) is 19.2 Å². The van der Waals surface area contributed by atoms with E-state index in [1.807, 2.05) is 57.0 Å². The van der Waals surface area contributed by atoms with Gasteiger partial charge in [-0.25, -0.2) is 9.97 Å². The van der Waals surface area contributed by atoms with E-state index in [0.29, 0.717) is 49.3 Å². The van der Waals surface area contributed by atoms with Crippen LogP contribution >= 0.6 is 11.3 Å². The zero-order valence-electron chi connectivity index (χ0n) is 32.7. The number of amides is 3. The number of hydrogen-bond acceptors (Lipinski definition) is 10. The summed E-state index contributed by atoms with van der Waals surface area (Å²) >= 11 is 1.57. The number of likely N-dealkylation sites (tertiary alicyclic amines) is 1. The molecule has 3 amide bonds. The number of hydrogen-bond donors (Lipinski definition) is 2. The number of unbranched alkanes of at least 4 members (excludes halogenated alkanes) is 4. The summed E-state index contributed by atoms with van der Waals surface area (Å²) in [6.45, 7) is 8.66. The Morgan fingerprint density at radius 1 is 1.02 bits per heavy atom. The molecule has 0 bridgehead atoms. The number of methoxy groups -OCH3 is 2. The zero-order valence-corrected chi connectivity index (χ0v) is 33.5. The van der Waals surface area contributed by atoms with E-state index >= 15 is 0 Å². The van der Waals surface area contributed by atoms with Crippen molar-refractivity contribution in [2.75, 3.05) is 20.8 Å². The molecule has 0 spiro atoms. The first-order chi connectivity index (χ1) is 25.6. The van der Waals surface area contributed by atoms with Crippen LogP contribution in [0.3, 0.4) is 0 Å². The summed E-state index contributed by atoms with van der Waals surface area (Å²) in [5, 5.41) is 1.98. The lowest BCUT2D eigenvalue weighted by Gasteiger charge is -2.22. The van der Waals surface area contributed by atoms with Gasteiger partial charge in [-0.1, -0.05) is 52.7 Å². The van der Waals surface area contributed by atoms with Crippen molar-refractivity contribution in [1.82, 2.24) is 24.4 Å². The number of primary amides is 2. The standard InChI is InChI=1S/C19H30N2O4.C11H10N4OS.C5H9NO.2C2H6.2H2/c1-25-19(24)15-13-14(15)9-6-4-2-3-5-7-11-17(22)21-12-8-10-16(21)18(20)23;1-15-5-4-12-10(15)9-13-7-3-6-17-8(7)11(14-9)16-2;6-5(7)3-4-1-2-4;2*1-2;;/h6,9,14-16H,2-5,7-8,10-13H2,1H3,(H2,20,23);3-6H,1-2H3;4H,1-3H2,(H2,6,7);2*1-2H3;2*1H/b9-6-;;;;;;/t14-,15+,16+;;;;;;/m1....../s1. The van der Waals surface area contributed by atoms with E-state index in [9.17, 15) is 19.2 Å². The van der Waals surface area contributed by atoms with Gasteiger partial charge in [0.2, 0.25) is 23.6 Å². The highest BCUT2D eigenvalue weighted by Gasteiger charge is 2.41. The average molecular weight is 760 g/mol. The highest BCUT2D eigenvalue weighted by molar-refractivity contribution is 7.17. The molecule has 0 radical (unpaired) electrons. The molecule has 53 heavy (non-hydrogen) atoms. The van der Waals surface area contributed by atoms with Crippen molar-refractivity contribution in [1.29, 1.82) is 0 Å². The molecule has 1 aliphatic heterocycles. The quantitative estimate of drug-likeness (QED) is 0.0984. The van der Waals surface area contributed by atoms with Crippen LogP contribution < -0.4 is 16.2 Å². The van der Waals surface area contributed by atoms with E-state index in [2.05, 4.69) is 27.1 Å². The van der Waals surface area contributed by atoms with Gasteiger partial charge in [0, 0.05) is 41.7 Å². The fraction of sp³-hybridized carbons (Fsp3) is 0.615. The summed E-state index contributed by atoms with van der Waals surface area (Å²) < 4.78 is 12.9. The van der Waals surface area contributed by atoms with Crippen LogP contribution in [0.5, 0.6) is 5.88 Å². The van der Waals surface area contributed by atoms with E-state index in [1.54, 1.807) is 29.5 Å². The number of thiophene rings is 1. The lowest BCUT2D eigenvalue weighted by molar-refractivity contribution is -0.142. The maximum atomic E-state index is 12.2. The van der Waals surface area contributed by atoms with Crippen molar-refractivity contribution >= 4 is 45.2 Å². The molecule has 2 aliphatic carbocycles. The predicted octanol–water partition coefficient (Wildman–Crippen LogP) is 7.09. The monoisotopic (exact) mass is 759 g/mol. The second-order valence-electron chi connectivity index (χ2n) is 12.7. The summed E-state index contributed by atoms with van der Waals surface area (Å²) in [5.41, 5.74) is 11.1. The Morgan fingerprint density at radius 3 is 2.32 bits per heavy atom. The third kappa shape index (κ3) is 14.9. The number of fused-ring (bicyclic) bond motifs is 1. The number of allylic oxidation sites excluding steroid dienone is 2. The van der Waals surface area contributed by atoms with Crippen molar-refractivity contribution in [2.45, 2.75) is 111 Å². The van der Waals surface area contributed by atoms with E-state index in [4.69, 9.17) is 20.9 Å². The highest BCUT2D eigenvalue weighted by Crippen LogP contribution is 2.40. The molecule has 4 heterocycles. The van der Waals surface area contributed by atoms with Crippen LogP contribution in [0.25, 0.3) is 21.9 Å². The van der Waals surface area contributed by atoms with Crippen LogP contribution in [0.4, 0.5) is 0 Å². The number of aryl methyl sites for hydroxylation is 1. The zero-order chi connectivity index (χ0) is 39.3. The molecule has 0 unspecified atom stereocenters. The minimum atomic E-state index is -0.395. The summed E-state index contributed by atoms with van der Waals surface area (Å²) in [6.07, 6.45) is 18.9. The molecule has 1 saturated heterocycles. The van der Waals surface area contributed by atoms with Crippen LogP contribution in [0.15, 0.2) is 36.0 Å². The molecule has 0 aromatic carbocycles. The van der Waals surface area contributed by atoms with Gasteiger partial charge in [-0.05, 0) is 74.6 Å². The second-order valence-corrected chi connectivity index (χ2v) is 13.6. The Hall–Kier alpha value is -4.33. The normalized spacial score (nSPS) is 18.2. The van der Waals surface area contributed by atoms with E-state index in [1.165, 1.54) is 20.0 Å². The SMILES string of the molecule is CC.CC.COC(=O)[C@H]1C[C@H]1/C=C\CCCCCCC(=O)N1CCC[C@H]1C(N)=O.COc1nc(-c2nccn2C)nc2ccsc12.NC(=O)CC1CC1.[HH].[HH]. The second kappa shape index (κ2) is 24.1. The third-order valence-electron chi connectivity index (χ3n) is 8.81. The fourth-order valence-electron chi connectivity index (χ4n) is 5.78. The molecule has 3 fully saturated rings. The Balaban J connectivity index is 0.000000837. The Bertz CT molecular complexity index is 1610. The van der Waals surface area contributed by atoms with E-state index < -0.39 is 6.04 Å². The highest BCUT2D eigenvalue weighted by atomic mass is 32.1. The van der Waals surface area contributed by atoms with Gasteiger partial charge in [-0.15, -0.1) is 11.3 Å². The van der Waals surface area contributed by atoms with E-state index in [0.717, 1.165) is 61.0 Å². The molecule has 3 aliphatic rings. The first kappa shape index (κ1) is 44.8. The van der Waals surface area contributed by atoms with Gasteiger partial charge in [0.05, 0.1) is 25.7 Å².